The number of nitrogen functional groups attached to an aromatic ring is 1. The van der Waals surface area contributed by atoms with Gasteiger partial charge in [-0.3, -0.25) is 0 Å². The van der Waals surface area contributed by atoms with Crippen LogP contribution in [-0.2, 0) is 6.54 Å². The standard InChI is InChI=1S/C15H14N4/c16-15-7-6-13(8-18-15)14-9-17-11-19(14)10-12-4-2-1-3-5-12/h1-9,11H,10H2,(H2,16,18). The molecule has 0 bridgehead atoms. The molecule has 0 atom stereocenters. The van der Waals surface area contributed by atoms with E-state index in [9.17, 15) is 0 Å². The molecule has 0 unspecified atom stereocenters. The van der Waals surface area contributed by atoms with Gasteiger partial charge in [-0.2, -0.15) is 0 Å². The van der Waals surface area contributed by atoms with Gasteiger partial charge in [0.1, 0.15) is 5.82 Å². The highest BCUT2D eigenvalue weighted by molar-refractivity contribution is 5.59. The Morgan fingerprint density at radius 2 is 1.84 bits per heavy atom. The van der Waals surface area contributed by atoms with Crippen LogP contribution in [0, 0.1) is 0 Å². The molecule has 0 amide bonds. The number of anilines is 1. The molecule has 0 aliphatic rings. The number of aromatic nitrogens is 3. The Morgan fingerprint density at radius 3 is 2.58 bits per heavy atom. The second-order valence-electron chi connectivity index (χ2n) is 4.36. The molecule has 1 aromatic carbocycles. The fourth-order valence-corrected chi connectivity index (χ4v) is 2.02. The molecule has 0 fully saturated rings. The van der Waals surface area contributed by atoms with Crippen molar-refractivity contribution in [2.45, 2.75) is 6.54 Å². The number of imidazole rings is 1. The van der Waals surface area contributed by atoms with E-state index in [-0.39, 0.29) is 0 Å². The van der Waals surface area contributed by atoms with Gasteiger partial charge in [0.15, 0.2) is 0 Å². The zero-order valence-electron chi connectivity index (χ0n) is 10.4. The summed E-state index contributed by atoms with van der Waals surface area (Å²) in [5, 5.41) is 0. The Hall–Kier alpha value is -2.62. The summed E-state index contributed by atoms with van der Waals surface area (Å²) >= 11 is 0. The van der Waals surface area contributed by atoms with E-state index in [4.69, 9.17) is 5.73 Å². The predicted octanol–water partition coefficient (Wildman–Crippen LogP) is 2.58. The zero-order valence-corrected chi connectivity index (χ0v) is 10.4. The average Bonchev–Trinajstić information content (AvgIpc) is 2.89. The van der Waals surface area contributed by atoms with Crippen molar-refractivity contribution in [3.05, 3.63) is 66.7 Å². The Bertz CT molecular complexity index is 656. The number of benzene rings is 1. The van der Waals surface area contributed by atoms with E-state index in [2.05, 4.69) is 26.7 Å². The van der Waals surface area contributed by atoms with E-state index in [0.717, 1.165) is 17.8 Å². The van der Waals surface area contributed by atoms with Crippen molar-refractivity contribution in [3.8, 4) is 11.3 Å². The van der Waals surface area contributed by atoms with Gasteiger partial charge in [-0.25, -0.2) is 9.97 Å². The molecule has 2 N–H and O–H groups in total. The van der Waals surface area contributed by atoms with Crippen molar-refractivity contribution in [2.24, 2.45) is 0 Å². The third-order valence-electron chi connectivity index (χ3n) is 2.99. The molecule has 0 saturated carbocycles. The Balaban J connectivity index is 1.92. The van der Waals surface area contributed by atoms with Crippen LogP contribution in [0.15, 0.2) is 61.2 Å². The number of rotatable bonds is 3. The molecule has 94 valence electrons. The minimum absolute atomic E-state index is 0.526. The highest BCUT2D eigenvalue weighted by Crippen LogP contribution is 2.19. The maximum atomic E-state index is 5.61. The summed E-state index contributed by atoms with van der Waals surface area (Å²) in [6, 6.07) is 14.1. The van der Waals surface area contributed by atoms with Crippen LogP contribution in [0.1, 0.15) is 5.56 Å². The van der Waals surface area contributed by atoms with E-state index >= 15 is 0 Å². The summed E-state index contributed by atoms with van der Waals surface area (Å²) in [6.45, 7) is 0.792. The van der Waals surface area contributed by atoms with Gasteiger partial charge in [-0.05, 0) is 17.7 Å². The lowest BCUT2D eigenvalue weighted by Gasteiger charge is -2.08. The molecular formula is C15H14N4. The third-order valence-corrected chi connectivity index (χ3v) is 2.99. The molecule has 3 aromatic rings. The van der Waals surface area contributed by atoms with Gasteiger partial charge in [0, 0.05) is 18.3 Å². The zero-order chi connectivity index (χ0) is 13.1. The maximum absolute atomic E-state index is 5.61. The second kappa shape index (κ2) is 4.94. The van der Waals surface area contributed by atoms with Gasteiger partial charge in [0.2, 0.25) is 0 Å². The topological polar surface area (TPSA) is 56.7 Å². The van der Waals surface area contributed by atoms with Crippen molar-refractivity contribution in [2.75, 3.05) is 5.73 Å². The van der Waals surface area contributed by atoms with Crippen LogP contribution in [0.5, 0.6) is 0 Å². The number of nitrogens with two attached hydrogens (primary N) is 1. The van der Waals surface area contributed by atoms with Gasteiger partial charge in [-0.15, -0.1) is 0 Å². The first-order valence-corrected chi connectivity index (χ1v) is 6.09. The van der Waals surface area contributed by atoms with Crippen LogP contribution in [0.25, 0.3) is 11.3 Å². The summed E-state index contributed by atoms with van der Waals surface area (Å²) < 4.78 is 2.10. The summed E-state index contributed by atoms with van der Waals surface area (Å²) in [4.78, 5) is 8.34. The van der Waals surface area contributed by atoms with Crippen LogP contribution >= 0.6 is 0 Å². The minimum atomic E-state index is 0.526. The van der Waals surface area contributed by atoms with Gasteiger partial charge in [0.25, 0.3) is 0 Å². The molecule has 4 nitrogen and oxygen atoms in total. The molecule has 2 heterocycles. The largest absolute Gasteiger partial charge is 0.384 e. The molecular weight excluding hydrogens is 236 g/mol. The van der Waals surface area contributed by atoms with Crippen molar-refractivity contribution in [1.82, 2.24) is 14.5 Å². The normalized spacial score (nSPS) is 10.5. The van der Waals surface area contributed by atoms with Crippen LogP contribution in [-0.4, -0.2) is 14.5 Å². The van der Waals surface area contributed by atoms with Crippen LogP contribution in [0.4, 0.5) is 5.82 Å². The number of pyridine rings is 1. The average molecular weight is 250 g/mol. The number of hydrogen-bond acceptors (Lipinski definition) is 3. The summed E-state index contributed by atoms with van der Waals surface area (Å²) in [5.41, 5.74) is 8.90. The van der Waals surface area contributed by atoms with Crippen molar-refractivity contribution in [1.29, 1.82) is 0 Å². The first-order valence-electron chi connectivity index (χ1n) is 6.09. The summed E-state index contributed by atoms with van der Waals surface area (Å²) in [5.74, 6) is 0.526. The SMILES string of the molecule is Nc1ccc(-c2cncn2Cc2ccccc2)cn1. The van der Waals surface area contributed by atoms with E-state index in [0.29, 0.717) is 5.82 Å². The van der Waals surface area contributed by atoms with Gasteiger partial charge in [-0.1, -0.05) is 30.3 Å². The van der Waals surface area contributed by atoms with Crippen LogP contribution < -0.4 is 5.73 Å². The fourth-order valence-electron chi connectivity index (χ4n) is 2.02. The van der Waals surface area contributed by atoms with Crippen molar-refractivity contribution >= 4 is 5.82 Å². The monoisotopic (exact) mass is 250 g/mol. The van der Waals surface area contributed by atoms with Crippen molar-refractivity contribution in [3.63, 3.8) is 0 Å². The van der Waals surface area contributed by atoms with Gasteiger partial charge >= 0.3 is 0 Å². The predicted molar refractivity (Wildman–Crippen MR) is 75.4 cm³/mol. The molecule has 0 aliphatic carbocycles. The highest BCUT2D eigenvalue weighted by Gasteiger charge is 2.05. The Kier molecular flexibility index (Phi) is 2.98. The Morgan fingerprint density at radius 1 is 1.00 bits per heavy atom. The van der Waals surface area contributed by atoms with E-state index < -0.39 is 0 Å². The molecule has 0 aliphatic heterocycles. The fraction of sp³-hybridized carbons (Fsp3) is 0.0667. The molecule has 2 aromatic heterocycles. The molecule has 0 saturated heterocycles. The highest BCUT2D eigenvalue weighted by atomic mass is 15.0. The first-order chi connectivity index (χ1) is 9.33. The van der Waals surface area contributed by atoms with Crippen LogP contribution in [0.3, 0.4) is 0 Å². The van der Waals surface area contributed by atoms with Crippen molar-refractivity contribution < 1.29 is 0 Å². The lowest BCUT2D eigenvalue weighted by molar-refractivity contribution is 0.804. The maximum Gasteiger partial charge on any atom is 0.123 e. The lowest BCUT2D eigenvalue weighted by atomic mass is 10.2. The second-order valence-corrected chi connectivity index (χ2v) is 4.36. The quantitative estimate of drug-likeness (QED) is 0.777. The van der Waals surface area contributed by atoms with E-state index in [1.54, 1.807) is 12.3 Å². The molecule has 0 spiro atoms. The number of nitrogens with zero attached hydrogens (tertiary/aromatic N) is 3. The Labute approximate surface area is 111 Å². The van der Waals surface area contributed by atoms with E-state index in [1.165, 1.54) is 5.56 Å². The number of hydrogen-bond donors (Lipinski definition) is 1. The van der Waals surface area contributed by atoms with E-state index in [1.807, 2.05) is 36.8 Å². The van der Waals surface area contributed by atoms with Crippen LogP contribution in [0.2, 0.25) is 0 Å². The molecule has 0 radical (unpaired) electrons. The first kappa shape index (κ1) is 11.5. The lowest BCUT2D eigenvalue weighted by Crippen LogP contribution is -2.00. The molecule has 4 heteroatoms. The summed E-state index contributed by atoms with van der Waals surface area (Å²) in [6.07, 6.45) is 5.45. The van der Waals surface area contributed by atoms with Gasteiger partial charge in [0.05, 0.1) is 18.2 Å². The third kappa shape index (κ3) is 2.47. The molecule has 3 rings (SSSR count). The van der Waals surface area contributed by atoms with Gasteiger partial charge < -0.3 is 10.3 Å². The smallest absolute Gasteiger partial charge is 0.123 e. The molecule has 19 heavy (non-hydrogen) atoms. The summed E-state index contributed by atoms with van der Waals surface area (Å²) in [7, 11) is 0. The minimum Gasteiger partial charge on any atom is -0.384 e.